The predicted molar refractivity (Wildman–Crippen MR) is 56.8 cm³/mol. The average Bonchev–Trinajstić information content (AvgIpc) is 2.18. The first-order valence-corrected chi connectivity index (χ1v) is 5.39. The molecule has 2 atom stereocenters. The molecule has 4 N–H and O–H groups in total. The van der Waals surface area contributed by atoms with Crippen molar-refractivity contribution in [2.24, 2.45) is 17.4 Å². The van der Waals surface area contributed by atoms with E-state index in [-0.39, 0.29) is 23.8 Å². The highest BCUT2D eigenvalue weighted by atomic mass is 16.2. The van der Waals surface area contributed by atoms with Gasteiger partial charge >= 0.3 is 0 Å². The molecule has 0 aromatic carbocycles. The Morgan fingerprint density at radius 2 is 2.13 bits per heavy atom. The molecule has 15 heavy (non-hydrogen) atoms. The summed E-state index contributed by atoms with van der Waals surface area (Å²) in [4.78, 5) is 24.2. The molecule has 0 bridgehead atoms. The third-order valence-corrected chi connectivity index (χ3v) is 3.01. The number of hydrogen-bond donors (Lipinski definition) is 2. The van der Waals surface area contributed by atoms with Crippen LogP contribution in [0, 0.1) is 5.92 Å². The number of primary amides is 2. The van der Waals surface area contributed by atoms with Gasteiger partial charge < -0.3 is 11.5 Å². The third kappa shape index (κ3) is 2.92. The molecule has 0 aromatic rings. The minimum Gasteiger partial charge on any atom is -0.369 e. The van der Waals surface area contributed by atoms with Gasteiger partial charge in [0.1, 0.15) is 0 Å². The lowest BCUT2D eigenvalue weighted by Crippen LogP contribution is -2.50. The van der Waals surface area contributed by atoms with Gasteiger partial charge in [0.05, 0.1) is 12.0 Å². The van der Waals surface area contributed by atoms with Crippen LogP contribution >= 0.6 is 0 Å². The molecular weight excluding hydrogens is 194 g/mol. The van der Waals surface area contributed by atoms with Crippen molar-refractivity contribution in [3.8, 4) is 0 Å². The summed E-state index contributed by atoms with van der Waals surface area (Å²) in [6.07, 6.45) is 2.40. The molecular formula is C10H19N3O2. The summed E-state index contributed by atoms with van der Waals surface area (Å²) in [6, 6.07) is -0.257. The zero-order valence-electron chi connectivity index (χ0n) is 9.11. The summed E-state index contributed by atoms with van der Waals surface area (Å²) in [5, 5.41) is 0. The summed E-state index contributed by atoms with van der Waals surface area (Å²) in [5.74, 6) is -0.728. The Hall–Kier alpha value is -1.10. The quantitative estimate of drug-likeness (QED) is 0.656. The molecule has 0 radical (unpaired) electrons. The molecule has 5 nitrogen and oxygen atoms in total. The molecule has 0 saturated carbocycles. The smallest absolute Gasteiger partial charge is 0.234 e. The summed E-state index contributed by atoms with van der Waals surface area (Å²) < 4.78 is 0. The number of carbonyl (C=O) groups excluding carboxylic acids is 2. The molecule has 0 aliphatic carbocycles. The molecule has 86 valence electrons. The molecule has 1 aliphatic rings. The summed E-state index contributed by atoms with van der Waals surface area (Å²) in [7, 11) is 0. The lowest BCUT2D eigenvalue weighted by atomic mass is 9.95. The van der Waals surface area contributed by atoms with Crippen LogP contribution in [0.2, 0.25) is 0 Å². The monoisotopic (exact) mass is 213 g/mol. The van der Waals surface area contributed by atoms with Gasteiger partial charge in [0.15, 0.2) is 0 Å². The van der Waals surface area contributed by atoms with Crippen molar-refractivity contribution in [2.75, 3.05) is 13.1 Å². The second-order valence-electron chi connectivity index (χ2n) is 4.06. The van der Waals surface area contributed by atoms with E-state index in [0.717, 1.165) is 19.4 Å². The van der Waals surface area contributed by atoms with Gasteiger partial charge in [0.25, 0.3) is 0 Å². The minimum absolute atomic E-state index is 0.132. The largest absolute Gasteiger partial charge is 0.369 e. The van der Waals surface area contributed by atoms with E-state index >= 15 is 0 Å². The molecule has 0 spiro atoms. The average molecular weight is 213 g/mol. The number of rotatable bonds is 4. The number of hydrogen-bond acceptors (Lipinski definition) is 3. The maximum Gasteiger partial charge on any atom is 0.234 e. The highest BCUT2D eigenvalue weighted by molar-refractivity contribution is 5.80. The first kappa shape index (κ1) is 12.0. The molecule has 1 saturated heterocycles. The summed E-state index contributed by atoms with van der Waals surface area (Å²) in [6.45, 7) is 3.31. The minimum atomic E-state index is -0.317. The van der Waals surface area contributed by atoms with Crippen LogP contribution in [0.15, 0.2) is 0 Å². The topological polar surface area (TPSA) is 89.4 Å². The Bertz CT molecular complexity index is 255. The van der Waals surface area contributed by atoms with Crippen LogP contribution < -0.4 is 11.5 Å². The van der Waals surface area contributed by atoms with Crippen molar-refractivity contribution in [1.29, 1.82) is 0 Å². The number of nitrogens with zero attached hydrogens (tertiary/aromatic N) is 1. The summed E-state index contributed by atoms with van der Waals surface area (Å²) >= 11 is 0. The van der Waals surface area contributed by atoms with E-state index in [9.17, 15) is 9.59 Å². The van der Waals surface area contributed by atoms with E-state index in [1.165, 1.54) is 0 Å². The van der Waals surface area contributed by atoms with Gasteiger partial charge in [-0.05, 0) is 25.8 Å². The van der Waals surface area contributed by atoms with Gasteiger partial charge in [-0.15, -0.1) is 0 Å². The van der Waals surface area contributed by atoms with Gasteiger partial charge in [-0.2, -0.15) is 0 Å². The number of amides is 2. The highest BCUT2D eigenvalue weighted by Gasteiger charge is 2.30. The fraction of sp³-hybridized carbons (Fsp3) is 0.800. The van der Waals surface area contributed by atoms with Crippen molar-refractivity contribution in [3.05, 3.63) is 0 Å². The van der Waals surface area contributed by atoms with Crippen LogP contribution in [0.25, 0.3) is 0 Å². The molecule has 1 fully saturated rings. The van der Waals surface area contributed by atoms with Crippen LogP contribution in [0.1, 0.15) is 26.2 Å². The Kier molecular flexibility index (Phi) is 4.08. The third-order valence-electron chi connectivity index (χ3n) is 3.01. The number of piperidine rings is 1. The zero-order chi connectivity index (χ0) is 11.4. The molecule has 2 amide bonds. The Morgan fingerprint density at radius 1 is 1.47 bits per heavy atom. The number of nitrogens with two attached hydrogens (primary N) is 2. The lowest BCUT2D eigenvalue weighted by Gasteiger charge is -2.35. The van der Waals surface area contributed by atoms with Crippen LogP contribution in [0.4, 0.5) is 0 Å². The highest BCUT2D eigenvalue weighted by Crippen LogP contribution is 2.19. The lowest BCUT2D eigenvalue weighted by molar-refractivity contribution is -0.128. The second kappa shape index (κ2) is 5.11. The second-order valence-corrected chi connectivity index (χ2v) is 4.06. The van der Waals surface area contributed by atoms with Crippen LogP contribution in [-0.4, -0.2) is 35.8 Å². The van der Waals surface area contributed by atoms with Crippen molar-refractivity contribution in [1.82, 2.24) is 4.90 Å². The SMILES string of the molecule is CCC(C(N)=O)N1CCCC(C(N)=O)C1. The molecule has 1 aliphatic heterocycles. The molecule has 0 aromatic heterocycles. The van der Waals surface area contributed by atoms with Crippen molar-refractivity contribution >= 4 is 11.8 Å². The van der Waals surface area contributed by atoms with Gasteiger partial charge in [-0.1, -0.05) is 6.92 Å². The van der Waals surface area contributed by atoms with E-state index in [4.69, 9.17) is 11.5 Å². The zero-order valence-corrected chi connectivity index (χ0v) is 9.11. The van der Waals surface area contributed by atoms with Crippen molar-refractivity contribution in [2.45, 2.75) is 32.2 Å². The van der Waals surface area contributed by atoms with Crippen LogP contribution in [0.5, 0.6) is 0 Å². The van der Waals surface area contributed by atoms with E-state index in [1.54, 1.807) is 0 Å². The van der Waals surface area contributed by atoms with Crippen molar-refractivity contribution in [3.63, 3.8) is 0 Å². The maximum absolute atomic E-state index is 11.2. The number of likely N-dealkylation sites (tertiary alicyclic amines) is 1. The normalized spacial score (nSPS) is 24.7. The Balaban J connectivity index is 2.62. The predicted octanol–water partition coefficient (Wildman–Crippen LogP) is -0.552. The maximum atomic E-state index is 11.2. The fourth-order valence-corrected chi connectivity index (χ4v) is 2.16. The van der Waals surface area contributed by atoms with Gasteiger partial charge in [-0.25, -0.2) is 0 Å². The standard InChI is InChI=1S/C10H19N3O2/c1-2-8(10(12)15)13-5-3-4-7(6-13)9(11)14/h7-8H,2-6H2,1H3,(H2,11,14)(H2,12,15). The first-order chi connectivity index (χ1) is 7.06. The van der Waals surface area contributed by atoms with E-state index in [2.05, 4.69) is 0 Å². The van der Waals surface area contributed by atoms with Gasteiger partial charge in [-0.3, -0.25) is 14.5 Å². The van der Waals surface area contributed by atoms with Gasteiger partial charge in [0, 0.05) is 6.54 Å². The Labute approximate surface area is 89.8 Å². The molecule has 1 rings (SSSR count). The van der Waals surface area contributed by atoms with Crippen LogP contribution in [0.3, 0.4) is 0 Å². The van der Waals surface area contributed by atoms with Crippen molar-refractivity contribution < 1.29 is 9.59 Å². The molecule has 5 heteroatoms. The van der Waals surface area contributed by atoms with E-state index in [0.29, 0.717) is 13.0 Å². The fourth-order valence-electron chi connectivity index (χ4n) is 2.16. The van der Waals surface area contributed by atoms with Crippen LogP contribution in [-0.2, 0) is 9.59 Å². The van der Waals surface area contributed by atoms with Gasteiger partial charge in [0.2, 0.25) is 11.8 Å². The van der Waals surface area contributed by atoms with E-state index in [1.807, 2.05) is 11.8 Å². The number of carbonyl (C=O) groups is 2. The molecule has 1 heterocycles. The summed E-state index contributed by atoms with van der Waals surface area (Å²) in [5.41, 5.74) is 10.6. The first-order valence-electron chi connectivity index (χ1n) is 5.39. The Morgan fingerprint density at radius 3 is 2.60 bits per heavy atom. The molecule has 2 unspecified atom stereocenters. The van der Waals surface area contributed by atoms with E-state index < -0.39 is 0 Å².